The summed E-state index contributed by atoms with van der Waals surface area (Å²) >= 11 is 1.84. The highest BCUT2D eigenvalue weighted by Gasteiger charge is 2.36. The van der Waals surface area contributed by atoms with Crippen LogP contribution in [0, 0.1) is 12.3 Å². The van der Waals surface area contributed by atoms with E-state index < -0.39 is 0 Å². The molecule has 3 nitrogen and oxygen atoms in total. The molecule has 0 spiro atoms. The van der Waals surface area contributed by atoms with Crippen molar-refractivity contribution < 1.29 is 0 Å². The summed E-state index contributed by atoms with van der Waals surface area (Å²) in [5.41, 5.74) is 0.301. The van der Waals surface area contributed by atoms with E-state index in [2.05, 4.69) is 56.7 Å². The molecule has 114 valence electrons. The molecule has 1 aromatic rings. The summed E-state index contributed by atoms with van der Waals surface area (Å²) < 4.78 is 0. The standard InChI is InChI=1S/C16H29N3S/c1-7-13-9-17-14(16(4,5)6)10-19(13)12(3)15-18-8-11(2)20-15/h8,12-14,17H,7,9-10H2,1-6H3. The van der Waals surface area contributed by atoms with Crippen molar-refractivity contribution in [1.82, 2.24) is 15.2 Å². The SMILES string of the molecule is CCC1CNC(C(C)(C)C)CN1C(C)c1ncc(C)s1. The van der Waals surface area contributed by atoms with Crippen molar-refractivity contribution in [3.8, 4) is 0 Å². The minimum atomic E-state index is 0.301. The Morgan fingerprint density at radius 2 is 2.20 bits per heavy atom. The molecule has 0 aromatic carbocycles. The molecule has 1 fully saturated rings. The van der Waals surface area contributed by atoms with Gasteiger partial charge in [0.25, 0.3) is 0 Å². The Morgan fingerprint density at radius 1 is 1.50 bits per heavy atom. The third-order valence-electron chi connectivity index (χ3n) is 4.47. The van der Waals surface area contributed by atoms with Crippen LogP contribution in [0.1, 0.15) is 57.0 Å². The fraction of sp³-hybridized carbons (Fsp3) is 0.812. The number of rotatable bonds is 3. The van der Waals surface area contributed by atoms with E-state index in [9.17, 15) is 0 Å². The molecule has 20 heavy (non-hydrogen) atoms. The highest BCUT2D eigenvalue weighted by molar-refractivity contribution is 7.11. The molecular weight excluding hydrogens is 266 g/mol. The zero-order valence-corrected chi connectivity index (χ0v) is 14.5. The highest BCUT2D eigenvalue weighted by Crippen LogP contribution is 2.31. The highest BCUT2D eigenvalue weighted by atomic mass is 32.1. The third-order valence-corrected chi connectivity index (χ3v) is 5.56. The number of aryl methyl sites for hydroxylation is 1. The maximum absolute atomic E-state index is 4.60. The molecule has 3 unspecified atom stereocenters. The summed E-state index contributed by atoms with van der Waals surface area (Å²) in [6.45, 7) is 15.9. The van der Waals surface area contributed by atoms with Crippen LogP contribution in [-0.4, -0.2) is 35.1 Å². The molecule has 1 aliphatic rings. The van der Waals surface area contributed by atoms with Gasteiger partial charge in [-0.15, -0.1) is 11.3 Å². The number of nitrogens with one attached hydrogen (secondary N) is 1. The lowest BCUT2D eigenvalue weighted by molar-refractivity contribution is 0.0530. The lowest BCUT2D eigenvalue weighted by Crippen LogP contribution is -2.60. The first-order chi connectivity index (χ1) is 9.32. The molecule has 0 amide bonds. The van der Waals surface area contributed by atoms with E-state index in [1.165, 1.54) is 16.3 Å². The number of piperazine rings is 1. The van der Waals surface area contributed by atoms with Crippen molar-refractivity contribution in [2.45, 2.75) is 66.1 Å². The van der Waals surface area contributed by atoms with Gasteiger partial charge in [-0.05, 0) is 25.7 Å². The number of aromatic nitrogens is 1. The summed E-state index contributed by atoms with van der Waals surface area (Å²) in [6.07, 6.45) is 3.19. The monoisotopic (exact) mass is 295 g/mol. The average Bonchev–Trinajstić information content (AvgIpc) is 2.82. The maximum atomic E-state index is 4.60. The minimum absolute atomic E-state index is 0.301. The predicted octanol–water partition coefficient (Wildman–Crippen LogP) is 3.61. The van der Waals surface area contributed by atoms with Gasteiger partial charge in [0.1, 0.15) is 5.01 Å². The fourth-order valence-corrected chi connectivity index (χ4v) is 3.81. The second kappa shape index (κ2) is 6.12. The number of nitrogens with zero attached hydrogens (tertiary/aromatic N) is 2. The molecule has 0 aliphatic carbocycles. The first kappa shape index (κ1) is 15.9. The van der Waals surface area contributed by atoms with Gasteiger partial charge in [-0.25, -0.2) is 4.98 Å². The van der Waals surface area contributed by atoms with Crippen molar-refractivity contribution in [1.29, 1.82) is 0 Å². The van der Waals surface area contributed by atoms with Crippen molar-refractivity contribution in [2.24, 2.45) is 5.41 Å². The summed E-state index contributed by atoms with van der Waals surface area (Å²) in [4.78, 5) is 8.57. The van der Waals surface area contributed by atoms with Crippen LogP contribution in [0.15, 0.2) is 6.20 Å². The van der Waals surface area contributed by atoms with Crippen LogP contribution in [0.5, 0.6) is 0 Å². The van der Waals surface area contributed by atoms with Gasteiger partial charge in [-0.2, -0.15) is 0 Å². The smallest absolute Gasteiger partial charge is 0.110 e. The quantitative estimate of drug-likeness (QED) is 0.923. The normalized spacial score (nSPS) is 26.7. The van der Waals surface area contributed by atoms with Gasteiger partial charge in [0.05, 0.1) is 6.04 Å². The van der Waals surface area contributed by atoms with Crippen LogP contribution >= 0.6 is 11.3 Å². The molecule has 0 saturated carbocycles. The van der Waals surface area contributed by atoms with Crippen LogP contribution in [0.3, 0.4) is 0 Å². The third kappa shape index (κ3) is 3.41. The summed E-state index contributed by atoms with van der Waals surface area (Å²) in [6, 6.07) is 1.59. The largest absolute Gasteiger partial charge is 0.311 e. The van der Waals surface area contributed by atoms with E-state index in [4.69, 9.17) is 0 Å². The molecule has 1 N–H and O–H groups in total. The van der Waals surface area contributed by atoms with E-state index in [-0.39, 0.29) is 0 Å². The lowest BCUT2D eigenvalue weighted by atomic mass is 9.84. The molecule has 1 saturated heterocycles. The Kier molecular flexibility index (Phi) is 4.88. The van der Waals surface area contributed by atoms with Crippen molar-refractivity contribution in [2.75, 3.05) is 13.1 Å². The van der Waals surface area contributed by atoms with E-state index in [0.717, 1.165) is 13.1 Å². The lowest BCUT2D eigenvalue weighted by Gasteiger charge is -2.47. The van der Waals surface area contributed by atoms with Gasteiger partial charge in [0.2, 0.25) is 0 Å². The van der Waals surface area contributed by atoms with Gasteiger partial charge in [-0.1, -0.05) is 27.7 Å². The van der Waals surface area contributed by atoms with Crippen molar-refractivity contribution >= 4 is 11.3 Å². The Morgan fingerprint density at radius 3 is 2.70 bits per heavy atom. The molecule has 0 radical (unpaired) electrons. The second-order valence-corrected chi connectivity index (χ2v) is 8.34. The van der Waals surface area contributed by atoms with Crippen molar-refractivity contribution in [3.63, 3.8) is 0 Å². The first-order valence-corrected chi connectivity index (χ1v) is 8.56. The fourth-order valence-electron chi connectivity index (χ4n) is 2.96. The van der Waals surface area contributed by atoms with E-state index in [1.807, 2.05) is 17.5 Å². The van der Waals surface area contributed by atoms with Crippen LogP contribution in [0.2, 0.25) is 0 Å². The Labute approximate surface area is 127 Å². The van der Waals surface area contributed by atoms with Gasteiger partial charge < -0.3 is 5.32 Å². The van der Waals surface area contributed by atoms with Crippen LogP contribution in [-0.2, 0) is 0 Å². The predicted molar refractivity (Wildman–Crippen MR) is 87.3 cm³/mol. The summed E-state index contributed by atoms with van der Waals surface area (Å²) in [7, 11) is 0. The molecule has 2 rings (SSSR count). The zero-order valence-electron chi connectivity index (χ0n) is 13.7. The van der Waals surface area contributed by atoms with Crippen LogP contribution in [0.25, 0.3) is 0 Å². The minimum Gasteiger partial charge on any atom is -0.311 e. The van der Waals surface area contributed by atoms with Gasteiger partial charge in [-0.3, -0.25) is 4.90 Å². The average molecular weight is 295 g/mol. The molecule has 1 aliphatic heterocycles. The number of hydrogen-bond donors (Lipinski definition) is 1. The molecule has 0 bridgehead atoms. The second-order valence-electron chi connectivity index (χ2n) is 7.07. The number of hydrogen-bond acceptors (Lipinski definition) is 4. The van der Waals surface area contributed by atoms with E-state index >= 15 is 0 Å². The first-order valence-electron chi connectivity index (χ1n) is 7.74. The van der Waals surface area contributed by atoms with Gasteiger partial charge in [0.15, 0.2) is 0 Å². The molecule has 2 heterocycles. The van der Waals surface area contributed by atoms with Gasteiger partial charge >= 0.3 is 0 Å². The summed E-state index contributed by atoms with van der Waals surface area (Å²) in [5.74, 6) is 0. The maximum Gasteiger partial charge on any atom is 0.110 e. The molecular formula is C16H29N3S. The summed E-state index contributed by atoms with van der Waals surface area (Å²) in [5, 5.41) is 5.00. The van der Waals surface area contributed by atoms with Crippen LogP contribution < -0.4 is 5.32 Å². The molecule has 4 heteroatoms. The molecule has 1 aromatic heterocycles. The Bertz CT molecular complexity index is 435. The topological polar surface area (TPSA) is 28.2 Å². The van der Waals surface area contributed by atoms with E-state index in [1.54, 1.807) is 0 Å². The zero-order chi connectivity index (χ0) is 14.9. The number of thiazole rings is 1. The van der Waals surface area contributed by atoms with Crippen LogP contribution in [0.4, 0.5) is 0 Å². The van der Waals surface area contributed by atoms with Crippen molar-refractivity contribution in [3.05, 3.63) is 16.1 Å². The Balaban J connectivity index is 2.16. The van der Waals surface area contributed by atoms with Gasteiger partial charge in [0, 0.05) is 36.2 Å². The molecule has 3 atom stereocenters. The van der Waals surface area contributed by atoms with E-state index in [0.29, 0.717) is 23.5 Å². The Hall–Kier alpha value is -0.450.